The van der Waals surface area contributed by atoms with Crippen LogP contribution in [0.2, 0.25) is 0 Å². The molecule has 1 saturated carbocycles. The Morgan fingerprint density at radius 2 is 1.96 bits per heavy atom. The molecule has 1 saturated heterocycles. The Bertz CT molecular complexity index is 1030. The van der Waals surface area contributed by atoms with Crippen molar-refractivity contribution in [2.24, 2.45) is 11.7 Å². The highest BCUT2D eigenvalue weighted by molar-refractivity contribution is 5.99. The number of carboxylic acid groups (broad SMARTS) is 1. The highest BCUT2D eigenvalue weighted by Gasteiger charge is 2.34. The molecule has 150 valence electrons. The predicted molar refractivity (Wildman–Crippen MR) is 102 cm³/mol. The average Bonchev–Trinajstić information content (AvgIpc) is 3.39. The number of aromatic carboxylic acids is 1. The molecule has 0 amide bonds. The zero-order valence-corrected chi connectivity index (χ0v) is 15.3. The van der Waals surface area contributed by atoms with Crippen LogP contribution in [-0.2, 0) is 0 Å². The maximum Gasteiger partial charge on any atom is 0.341 e. The van der Waals surface area contributed by atoms with Gasteiger partial charge in [-0.3, -0.25) is 4.79 Å². The zero-order chi connectivity index (χ0) is 20.2. The number of nitrogens with zero attached hydrogens (tertiary/aromatic N) is 2. The Labute approximate surface area is 159 Å². The zero-order valence-electron chi connectivity index (χ0n) is 15.3. The molecule has 9 heteroatoms. The number of hydrogen-bond acceptors (Lipinski definition) is 5. The molecule has 0 bridgehead atoms. The fraction of sp³-hybridized carbons (Fsp3) is 0.474. The fourth-order valence-corrected chi connectivity index (χ4v) is 4.13. The number of anilines is 2. The smallest absolute Gasteiger partial charge is 0.341 e. The molecule has 2 fully saturated rings. The molecule has 2 heterocycles. The molecule has 28 heavy (non-hydrogen) atoms. The van der Waals surface area contributed by atoms with Gasteiger partial charge in [-0.2, -0.15) is 0 Å². The van der Waals surface area contributed by atoms with Gasteiger partial charge < -0.3 is 26.0 Å². The molecule has 0 radical (unpaired) electrons. The lowest BCUT2D eigenvalue weighted by atomic mass is 10.1. The van der Waals surface area contributed by atoms with Crippen molar-refractivity contribution in [1.82, 2.24) is 4.57 Å². The lowest BCUT2D eigenvalue weighted by Gasteiger charge is -2.23. The van der Waals surface area contributed by atoms with Gasteiger partial charge in [0.05, 0.1) is 16.6 Å². The first kappa shape index (κ1) is 18.7. The average molecular weight is 392 g/mol. The normalized spacial score (nSPS) is 19.5. The van der Waals surface area contributed by atoms with Crippen LogP contribution in [0.15, 0.2) is 11.0 Å². The first-order valence-electron chi connectivity index (χ1n) is 9.38. The summed E-state index contributed by atoms with van der Waals surface area (Å²) in [5, 5.41) is 8.93. The van der Waals surface area contributed by atoms with E-state index in [0.29, 0.717) is 19.6 Å². The van der Waals surface area contributed by atoms with E-state index in [1.54, 1.807) is 4.90 Å². The van der Waals surface area contributed by atoms with Crippen molar-refractivity contribution in [2.45, 2.75) is 31.7 Å². The van der Waals surface area contributed by atoms with E-state index in [4.69, 9.17) is 11.5 Å². The number of hydrogen-bond donors (Lipinski definition) is 3. The lowest BCUT2D eigenvalue weighted by Crippen LogP contribution is -2.26. The van der Waals surface area contributed by atoms with Gasteiger partial charge >= 0.3 is 5.97 Å². The topological polar surface area (TPSA) is 115 Å². The highest BCUT2D eigenvalue weighted by atomic mass is 19.1. The summed E-state index contributed by atoms with van der Waals surface area (Å²) in [6.45, 7) is 1.42. The monoisotopic (exact) mass is 392 g/mol. The highest BCUT2D eigenvalue weighted by Crippen LogP contribution is 2.42. The van der Waals surface area contributed by atoms with Gasteiger partial charge in [-0.25, -0.2) is 13.6 Å². The number of aromatic nitrogens is 1. The molecular weight excluding hydrogens is 370 g/mol. The quantitative estimate of drug-likeness (QED) is 0.671. The van der Waals surface area contributed by atoms with Gasteiger partial charge in [0.15, 0.2) is 11.6 Å². The van der Waals surface area contributed by atoms with Crippen LogP contribution >= 0.6 is 0 Å². The fourth-order valence-electron chi connectivity index (χ4n) is 4.13. The maximum absolute atomic E-state index is 15.6. The number of benzene rings is 1. The summed E-state index contributed by atoms with van der Waals surface area (Å²) in [7, 11) is 0. The lowest BCUT2D eigenvalue weighted by molar-refractivity contribution is 0.0695. The van der Waals surface area contributed by atoms with Crippen LogP contribution in [-0.4, -0.2) is 35.3 Å². The van der Waals surface area contributed by atoms with E-state index in [1.165, 1.54) is 4.57 Å². The van der Waals surface area contributed by atoms with Crippen LogP contribution in [0.1, 0.15) is 42.1 Å². The number of nitrogen functional groups attached to an aromatic ring is 1. The van der Waals surface area contributed by atoms with Gasteiger partial charge in [0, 0.05) is 25.3 Å². The second-order valence-electron chi connectivity index (χ2n) is 7.61. The molecule has 1 atom stereocenters. The first-order chi connectivity index (χ1) is 13.3. The third-order valence-corrected chi connectivity index (χ3v) is 5.71. The van der Waals surface area contributed by atoms with E-state index in [2.05, 4.69) is 0 Å². The Hall–Kier alpha value is -2.68. The van der Waals surface area contributed by atoms with Gasteiger partial charge in [-0.15, -0.1) is 0 Å². The second kappa shape index (κ2) is 6.73. The minimum Gasteiger partial charge on any atom is -0.477 e. The molecule has 0 spiro atoms. The summed E-state index contributed by atoms with van der Waals surface area (Å²) in [6.07, 6.45) is 4.13. The summed E-state index contributed by atoms with van der Waals surface area (Å²) in [5.41, 5.74) is 9.13. The van der Waals surface area contributed by atoms with Crippen LogP contribution in [0.4, 0.5) is 20.2 Å². The van der Waals surface area contributed by atoms with Crippen LogP contribution < -0.4 is 21.8 Å². The Morgan fingerprint density at radius 1 is 1.25 bits per heavy atom. The molecule has 1 aliphatic heterocycles. The third kappa shape index (κ3) is 2.81. The number of pyridine rings is 1. The number of fused-ring (bicyclic) bond motifs is 1. The van der Waals surface area contributed by atoms with Crippen LogP contribution in [0.25, 0.3) is 10.9 Å². The minimum absolute atomic E-state index is 0.117. The van der Waals surface area contributed by atoms with Crippen molar-refractivity contribution in [1.29, 1.82) is 0 Å². The van der Waals surface area contributed by atoms with Crippen LogP contribution in [0.5, 0.6) is 0 Å². The Kier molecular flexibility index (Phi) is 4.49. The summed E-state index contributed by atoms with van der Waals surface area (Å²) in [6, 6.07) is -0.128. The number of nitrogens with two attached hydrogens (primary N) is 2. The number of halogens is 2. The second-order valence-corrected chi connectivity index (χ2v) is 7.61. The molecule has 2 aliphatic rings. The molecule has 1 aliphatic carbocycles. The molecule has 1 aromatic heterocycles. The molecule has 7 nitrogen and oxygen atoms in total. The van der Waals surface area contributed by atoms with Crippen molar-refractivity contribution in [3.8, 4) is 0 Å². The Balaban J connectivity index is 1.97. The summed E-state index contributed by atoms with van der Waals surface area (Å²) in [4.78, 5) is 25.7. The van der Waals surface area contributed by atoms with Gasteiger partial charge in [0.25, 0.3) is 0 Å². The van der Waals surface area contributed by atoms with Gasteiger partial charge in [-0.1, -0.05) is 0 Å². The van der Waals surface area contributed by atoms with Crippen molar-refractivity contribution < 1.29 is 18.7 Å². The number of rotatable bonds is 5. The molecule has 1 aromatic carbocycles. The van der Waals surface area contributed by atoms with E-state index >= 15 is 8.78 Å². The van der Waals surface area contributed by atoms with Crippen molar-refractivity contribution >= 4 is 28.2 Å². The van der Waals surface area contributed by atoms with Crippen molar-refractivity contribution in [2.75, 3.05) is 30.3 Å². The van der Waals surface area contributed by atoms with E-state index in [1.807, 2.05) is 0 Å². The first-order valence-corrected chi connectivity index (χ1v) is 9.38. The predicted octanol–water partition coefficient (Wildman–Crippen LogP) is 2.07. The van der Waals surface area contributed by atoms with E-state index in [-0.39, 0.29) is 23.2 Å². The van der Waals surface area contributed by atoms with Crippen molar-refractivity contribution in [3.63, 3.8) is 0 Å². The minimum atomic E-state index is -1.45. The molecular formula is C19H22F2N4O3. The maximum atomic E-state index is 15.6. The van der Waals surface area contributed by atoms with Crippen LogP contribution in [0.3, 0.4) is 0 Å². The van der Waals surface area contributed by atoms with E-state index in [9.17, 15) is 14.7 Å². The largest absolute Gasteiger partial charge is 0.477 e. The number of carbonyl (C=O) groups is 1. The van der Waals surface area contributed by atoms with Gasteiger partial charge in [0.1, 0.15) is 11.3 Å². The van der Waals surface area contributed by atoms with Crippen LogP contribution in [0, 0.1) is 17.6 Å². The molecule has 4 rings (SSSR count). The SMILES string of the molecule is NCC[C@H]1CCN(c2c(F)c(N)c3c(=O)c(C(=O)O)cn(C4CC4)c3c2F)C1. The van der Waals surface area contributed by atoms with Crippen molar-refractivity contribution in [3.05, 3.63) is 33.6 Å². The standard InChI is InChI=1S/C19H22F2N4O3/c20-13-15(23)12-16(14(21)17(13)24-6-4-9(7-24)3-5-22)25(10-1-2-10)8-11(18(12)26)19(27)28/h8-10H,1-7,22-23H2,(H,27,28)/t9-/m0/s1. The molecule has 0 unspecified atom stereocenters. The van der Waals surface area contributed by atoms with Gasteiger partial charge in [-0.05, 0) is 38.1 Å². The summed E-state index contributed by atoms with van der Waals surface area (Å²) < 4.78 is 32.1. The third-order valence-electron chi connectivity index (χ3n) is 5.71. The van der Waals surface area contributed by atoms with Gasteiger partial charge in [0.2, 0.25) is 5.43 Å². The molecule has 5 N–H and O–H groups in total. The number of carboxylic acids is 1. The molecule has 2 aromatic rings. The van der Waals surface area contributed by atoms with E-state index in [0.717, 1.165) is 31.9 Å². The summed E-state index contributed by atoms with van der Waals surface area (Å²) >= 11 is 0. The van der Waals surface area contributed by atoms with E-state index < -0.39 is 39.7 Å². The Morgan fingerprint density at radius 3 is 2.57 bits per heavy atom. The summed E-state index contributed by atoms with van der Waals surface area (Å²) in [5.74, 6) is -3.09.